The van der Waals surface area contributed by atoms with E-state index in [-0.39, 0.29) is 23.7 Å². The molecule has 0 atom stereocenters. The average molecular weight is 597 g/mol. The van der Waals surface area contributed by atoms with E-state index >= 15 is 0 Å². The fraction of sp³-hybridized carbons (Fsp3) is 0.176. The van der Waals surface area contributed by atoms with Crippen LogP contribution in [-0.4, -0.2) is 33.6 Å². The lowest BCUT2D eigenvalue weighted by Gasteiger charge is -2.08. The van der Waals surface area contributed by atoms with Gasteiger partial charge in [-0.2, -0.15) is 0 Å². The summed E-state index contributed by atoms with van der Waals surface area (Å²) in [5.41, 5.74) is 4.64. The lowest BCUT2D eigenvalue weighted by molar-refractivity contribution is -0.140. The molecular formula is C34H29ClN2O4S. The van der Waals surface area contributed by atoms with Gasteiger partial charge in [-0.25, -0.2) is 4.79 Å². The van der Waals surface area contributed by atoms with Crippen molar-refractivity contribution in [3.8, 4) is 0 Å². The molecule has 0 bridgehead atoms. The molecule has 5 rings (SSSR count). The van der Waals surface area contributed by atoms with Gasteiger partial charge in [-0.15, -0.1) is 11.8 Å². The second kappa shape index (κ2) is 12.8. The first kappa shape index (κ1) is 29.3. The number of aromatic nitrogens is 1. The second-order valence-corrected chi connectivity index (χ2v) is 11.4. The Balaban J connectivity index is 1.51. The third-order valence-electron chi connectivity index (χ3n) is 7.07. The fourth-order valence-corrected chi connectivity index (χ4v) is 6.21. The lowest BCUT2D eigenvalue weighted by Crippen LogP contribution is -2.16. The van der Waals surface area contributed by atoms with Crippen LogP contribution >= 0.6 is 23.4 Å². The molecule has 0 aliphatic carbocycles. The highest BCUT2D eigenvalue weighted by Gasteiger charge is 2.20. The smallest absolute Gasteiger partial charge is 0.331 e. The number of hydrogen-bond donors (Lipinski definition) is 0. The molecule has 6 nitrogen and oxygen atoms in total. The molecule has 8 heteroatoms. The summed E-state index contributed by atoms with van der Waals surface area (Å²) in [6.45, 7) is 5.95. The summed E-state index contributed by atoms with van der Waals surface area (Å²) < 4.78 is 2.16. The molecule has 0 aliphatic heterocycles. The van der Waals surface area contributed by atoms with Crippen LogP contribution in [-0.2, 0) is 16.2 Å². The van der Waals surface area contributed by atoms with Crippen LogP contribution in [0.25, 0.3) is 21.8 Å². The second-order valence-electron chi connectivity index (χ2n) is 9.83. The van der Waals surface area contributed by atoms with Crippen molar-refractivity contribution in [2.75, 3.05) is 5.75 Å². The molecule has 0 radical (unpaired) electrons. The molecule has 42 heavy (non-hydrogen) atoms. The number of oxime groups is 1. The van der Waals surface area contributed by atoms with Gasteiger partial charge in [-0.05, 0) is 67.9 Å². The normalized spacial score (nSPS) is 11.7. The minimum absolute atomic E-state index is 0.0496. The number of thioether (sulfide) groups is 1. The minimum atomic E-state index is -0.605. The van der Waals surface area contributed by atoms with E-state index < -0.39 is 5.97 Å². The van der Waals surface area contributed by atoms with E-state index in [9.17, 15) is 14.4 Å². The molecule has 1 aromatic heterocycles. The molecule has 0 spiro atoms. The van der Waals surface area contributed by atoms with Gasteiger partial charge in [0.1, 0.15) is 5.71 Å². The highest BCUT2D eigenvalue weighted by Crippen LogP contribution is 2.32. The summed E-state index contributed by atoms with van der Waals surface area (Å²) in [6.07, 6.45) is 0.270. The third-order valence-corrected chi connectivity index (χ3v) is 8.59. The number of carbonyl (C=O) groups is 3. The molecule has 0 N–H and O–H groups in total. The zero-order valence-electron chi connectivity index (χ0n) is 23.5. The van der Waals surface area contributed by atoms with Crippen LogP contribution in [0.15, 0.2) is 95.0 Å². The number of Topliss-reactive ketones (excluding diaryl/α,β-unsaturated/α-hetero) is 1. The summed E-state index contributed by atoms with van der Waals surface area (Å²) in [6, 6.07) is 26.2. The maximum atomic E-state index is 13.7. The Morgan fingerprint density at radius 1 is 0.881 bits per heavy atom. The van der Waals surface area contributed by atoms with Crippen LogP contribution in [0.1, 0.15) is 52.1 Å². The van der Waals surface area contributed by atoms with Gasteiger partial charge in [0.2, 0.25) is 5.78 Å². The summed E-state index contributed by atoms with van der Waals surface area (Å²) in [5, 5.41) is 6.29. The van der Waals surface area contributed by atoms with E-state index in [1.165, 1.54) is 18.7 Å². The van der Waals surface area contributed by atoms with Gasteiger partial charge in [0, 0.05) is 69.0 Å². The molecule has 0 aliphatic rings. The van der Waals surface area contributed by atoms with Crippen molar-refractivity contribution < 1.29 is 19.2 Å². The zero-order chi connectivity index (χ0) is 29.8. The molecule has 1 heterocycles. The number of aryl methyl sites for hydroxylation is 2. The van der Waals surface area contributed by atoms with Crippen molar-refractivity contribution in [2.45, 2.75) is 38.6 Å². The first-order valence-electron chi connectivity index (χ1n) is 13.6. The van der Waals surface area contributed by atoms with Crippen LogP contribution in [0, 0.1) is 6.92 Å². The monoisotopic (exact) mass is 596 g/mol. The van der Waals surface area contributed by atoms with Crippen molar-refractivity contribution in [3.05, 3.63) is 112 Å². The van der Waals surface area contributed by atoms with Crippen molar-refractivity contribution in [3.63, 3.8) is 0 Å². The number of hydrogen-bond acceptors (Lipinski definition) is 6. The van der Waals surface area contributed by atoms with E-state index in [2.05, 4.69) is 16.6 Å². The number of halogens is 1. The Hall–Kier alpha value is -4.20. The van der Waals surface area contributed by atoms with Gasteiger partial charge in [0.25, 0.3) is 0 Å². The van der Waals surface area contributed by atoms with Crippen molar-refractivity contribution >= 4 is 68.4 Å². The SMILES string of the molecule is CCn1c2ccc(C(=O)/C(CCSc3ccccc3Cl)=N/OC(C)=O)cc2c2cc(C(=O)c3ccccc3C)ccc21. The molecule has 0 fully saturated rings. The number of benzene rings is 4. The molecule has 0 saturated heterocycles. The summed E-state index contributed by atoms with van der Waals surface area (Å²) in [7, 11) is 0. The first-order valence-corrected chi connectivity index (χ1v) is 15.0. The Labute approximate surface area is 253 Å². The Bertz CT molecular complexity index is 1870. The largest absolute Gasteiger partial charge is 0.341 e. The van der Waals surface area contributed by atoms with Crippen LogP contribution in [0.4, 0.5) is 0 Å². The van der Waals surface area contributed by atoms with Crippen LogP contribution in [0.2, 0.25) is 5.02 Å². The lowest BCUT2D eigenvalue weighted by atomic mass is 9.97. The number of rotatable bonds is 10. The van der Waals surface area contributed by atoms with E-state index in [0.29, 0.717) is 27.5 Å². The Kier molecular flexibility index (Phi) is 8.90. The Morgan fingerprint density at radius 3 is 2.19 bits per heavy atom. The van der Waals surface area contributed by atoms with Gasteiger partial charge in [-0.3, -0.25) is 9.59 Å². The van der Waals surface area contributed by atoms with E-state index in [1.807, 2.05) is 85.8 Å². The maximum Gasteiger partial charge on any atom is 0.331 e. The quantitative estimate of drug-likeness (QED) is 0.0533. The summed E-state index contributed by atoms with van der Waals surface area (Å²) in [5.74, 6) is -0.475. The maximum absolute atomic E-state index is 13.7. The minimum Gasteiger partial charge on any atom is -0.341 e. The highest BCUT2D eigenvalue weighted by molar-refractivity contribution is 7.99. The standard InChI is InChI=1S/C34H29ClN2O4S/c1-4-37-30-15-13-23(33(39)25-10-6-5-9-21(25)2)19-26(30)27-20-24(14-16-31(27)37)34(40)29(36-41-22(3)38)17-18-42-32-12-8-7-11-28(32)35/h5-16,19-20H,4,17-18H2,1-3H3/b36-29+. The molecular weight excluding hydrogens is 568 g/mol. The van der Waals surface area contributed by atoms with Gasteiger partial charge >= 0.3 is 5.97 Å². The van der Waals surface area contributed by atoms with Crippen molar-refractivity contribution in [1.29, 1.82) is 0 Å². The molecule has 5 aromatic rings. The number of nitrogens with zero attached hydrogens (tertiary/aromatic N) is 2. The highest BCUT2D eigenvalue weighted by atomic mass is 35.5. The predicted octanol–water partition coefficient (Wildman–Crippen LogP) is 8.29. The fourth-order valence-electron chi connectivity index (χ4n) is 5.02. The van der Waals surface area contributed by atoms with E-state index in [1.54, 1.807) is 6.07 Å². The molecule has 0 unspecified atom stereocenters. The molecule has 0 amide bonds. The van der Waals surface area contributed by atoms with E-state index in [4.69, 9.17) is 16.4 Å². The topological polar surface area (TPSA) is 77.7 Å². The first-order chi connectivity index (χ1) is 20.3. The van der Waals surface area contributed by atoms with Gasteiger partial charge < -0.3 is 9.40 Å². The average Bonchev–Trinajstić information content (AvgIpc) is 3.31. The van der Waals surface area contributed by atoms with Crippen LogP contribution < -0.4 is 0 Å². The number of ketones is 2. The molecule has 212 valence electrons. The van der Waals surface area contributed by atoms with Gasteiger partial charge in [-0.1, -0.05) is 53.2 Å². The van der Waals surface area contributed by atoms with Crippen LogP contribution in [0.5, 0.6) is 0 Å². The number of fused-ring (bicyclic) bond motifs is 3. The molecule has 0 saturated carbocycles. The van der Waals surface area contributed by atoms with Crippen molar-refractivity contribution in [1.82, 2.24) is 4.57 Å². The predicted molar refractivity (Wildman–Crippen MR) is 170 cm³/mol. The van der Waals surface area contributed by atoms with Gasteiger partial charge in [0.05, 0.1) is 5.02 Å². The van der Waals surface area contributed by atoms with E-state index in [0.717, 1.165) is 38.8 Å². The van der Waals surface area contributed by atoms with Crippen molar-refractivity contribution in [2.24, 2.45) is 5.16 Å². The summed E-state index contributed by atoms with van der Waals surface area (Å²) in [4.78, 5) is 44.4. The summed E-state index contributed by atoms with van der Waals surface area (Å²) >= 11 is 7.78. The van der Waals surface area contributed by atoms with Gasteiger partial charge in [0.15, 0.2) is 5.78 Å². The Morgan fingerprint density at radius 2 is 1.52 bits per heavy atom. The van der Waals surface area contributed by atoms with Crippen LogP contribution in [0.3, 0.4) is 0 Å². The number of carbonyl (C=O) groups excluding carboxylic acids is 3. The zero-order valence-corrected chi connectivity index (χ0v) is 25.1. The molecule has 4 aromatic carbocycles. The third kappa shape index (κ3) is 6.03.